The fourth-order valence-electron chi connectivity index (χ4n) is 2.02. The lowest BCUT2D eigenvalue weighted by Crippen LogP contribution is -2.27. The van der Waals surface area contributed by atoms with Crippen molar-refractivity contribution in [2.24, 2.45) is 0 Å². The Hall–Kier alpha value is -1.62. The minimum atomic E-state index is -0.446. The summed E-state index contributed by atoms with van der Waals surface area (Å²) in [6, 6.07) is 7.00. The summed E-state index contributed by atoms with van der Waals surface area (Å²) in [6.45, 7) is 2.27. The van der Waals surface area contributed by atoms with Gasteiger partial charge in [0.05, 0.1) is 10.8 Å². The van der Waals surface area contributed by atoms with Gasteiger partial charge in [-0.2, -0.15) is 0 Å². The normalized spacial score (nSPS) is 10.8. The lowest BCUT2D eigenvalue weighted by Gasteiger charge is -2.12. The van der Waals surface area contributed by atoms with Crippen LogP contribution in [0.5, 0.6) is 5.75 Å². The Kier molecular flexibility index (Phi) is 3.52. The summed E-state index contributed by atoms with van der Waals surface area (Å²) in [5.74, 6) is -0.643. The highest BCUT2D eigenvalue weighted by molar-refractivity contribution is 9.09. The number of hydrogen-bond donors (Lipinski definition) is 1. The summed E-state index contributed by atoms with van der Waals surface area (Å²) in [5, 5.41) is 10.6. The zero-order valence-electron chi connectivity index (χ0n) is 9.81. The van der Waals surface area contributed by atoms with Gasteiger partial charge < -0.3 is 9.67 Å². The molecule has 0 saturated carbocycles. The van der Waals surface area contributed by atoms with Gasteiger partial charge in [-0.3, -0.25) is 9.59 Å². The standard InChI is InChI=1S/C13H12BrNO3/c1-2-15-9-6-4-3-5-8(9)12(17)11(13(15)18)10(16)7-14/h3-6,17H,2,7H2,1H3. The number of aromatic nitrogens is 1. The van der Waals surface area contributed by atoms with Crippen LogP contribution in [0.1, 0.15) is 17.3 Å². The number of aryl methyl sites for hydroxylation is 1. The summed E-state index contributed by atoms with van der Waals surface area (Å²) in [4.78, 5) is 23.9. The van der Waals surface area contributed by atoms with Crippen LogP contribution in [-0.2, 0) is 6.54 Å². The van der Waals surface area contributed by atoms with Crippen LogP contribution >= 0.6 is 15.9 Å². The van der Waals surface area contributed by atoms with Crippen LogP contribution in [-0.4, -0.2) is 20.8 Å². The first-order chi connectivity index (χ1) is 8.61. The molecule has 2 aromatic rings. The van der Waals surface area contributed by atoms with E-state index in [1.165, 1.54) is 4.57 Å². The molecule has 1 N–H and O–H groups in total. The SMILES string of the molecule is CCn1c(=O)c(C(=O)CBr)c(O)c2ccccc21. The number of para-hydroxylation sites is 1. The molecule has 1 aromatic carbocycles. The number of aromatic hydroxyl groups is 1. The fraction of sp³-hybridized carbons (Fsp3) is 0.231. The van der Waals surface area contributed by atoms with E-state index in [4.69, 9.17) is 0 Å². The van der Waals surface area contributed by atoms with Crippen LogP contribution in [0.15, 0.2) is 29.1 Å². The quantitative estimate of drug-likeness (QED) is 0.699. The van der Waals surface area contributed by atoms with Gasteiger partial charge in [-0.25, -0.2) is 0 Å². The van der Waals surface area contributed by atoms with Crippen molar-refractivity contribution < 1.29 is 9.90 Å². The van der Waals surface area contributed by atoms with Crippen LogP contribution in [0.3, 0.4) is 0 Å². The van der Waals surface area contributed by atoms with E-state index in [-0.39, 0.29) is 16.6 Å². The number of carbonyl (C=O) groups excluding carboxylic acids is 1. The summed E-state index contributed by atoms with van der Waals surface area (Å²) in [5.41, 5.74) is 0.0409. The van der Waals surface area contributed by atoms with Crippen molar-refractivity contribution in [1.29, 1.82) is 0 Å². The Morgan fingerprint density at radius 1 is 1.39 bits per heavy atom. The predicted octanol–water partition coefficient (Wildman–Crippen LogP) is 2.30. The van der Waals surface area contributed by atoms with Gasteiger partial charge in [0.25, 0.3) is 5.56 Å². The first-order valence-electron chi connectivity index (χ1n) is 5.55. The van der Waals surface area contributed by atoms with Crippen LogP contribution in [0.4, 0.5) is 0 Å². The zero-order valence-corrected chi connectivity index (χ0v) is 11.4. The fourth-order valence-corrected chi connectivity index (χ4v) is 2.30. The Labute approximate surface area is 112 Å². The topological polar surface area (TPSA) is 59.3 Å². The first-order valence-corrected chi connectivity index (χ1v) is 6.67. The van der Waals surface area contributed by atoms with Crippen molar-refractivity contribution in [2.75, 3.05) is 5.33 Å². The molecule has 0 radical (unpaired) electrons. The Bertz CT molecular complexity index is 676. The zero-order chi connectivity index (χ0) is 13.3. The van der Waals surface area contributed by atoms with Crippen molar-refractivity contribution in [3.05, 3.63) is 40.2 Å². The average Bonchev–Trinajstić information content (AvgIpc) is 2.39. The number of benzene rings is 1. The molecule has 0 aliphatic heterocycles. The number of carbonyl (C=O) groups is 1. The van der Waals surface area contributed by atoms with E-state index in [2.05, 4.69) is 15.9 Å². The number of hydrogen-bond acceptors (Lipinski definition) is 3. The molecule has 0 fully saturated rings. The molecule has 0 amide bonds. The molecule has 1 heterocycles. The number of pyridine rings is 1. The second-order valence-electron chi connectivity index (χ2n) is 3.85. The molecule has 0 atom stereocenters. The molecule has 0 aliphatic rings. The van der Waals surface area contributed by atoms with Gasteiger partial charge in [0.15, 0.2) is 5.78 Å². The number of Topliss-reactive ketones (excluding diaryl/α,β-unsaturated/α-hetero) is 1. The lowest BCUT2D eigenvalue weighted by molar-refractivity contribution is 0.101. The van der Waals surface area contributed by atoms with Crippen LogP contribution < -0.4 is 5.56 Å². The van der Waals surface area contributed by atoms with Gasteiger partial charge in [-0.1, -0.05) is 28.1 Å². The Morgan fingerprint density at radius 2 is 2.06 bits per heavy atom. The van der Waals surface area contributed by atoms with E-state index < -0.39 is 11.3 Å². The van der Waals surface area contributed by atoms with Crippen molar-refractivity contribution in [1.82, 2.24) is 4.57 Å². The number of alkyl halides is 1. The summed E-state index contributed by atoms with van der Waals surface area (Å²) < 4.78 is 1.49. The van der Waals surface area contributed by atoms with Crippen molar-refractivity contribution >= 4 is 32.6 Å². The van der Waals surface area contributed by atoms with Crippen LogP contribution in [0.2, 0.25) is 0 Å². The number of fused-ring (bicyclic) bond motifs is 1. The summed E-state index contributed by atoms with van der Waals surface area (Å²) in [7, 11) is 0. The van der Waals surface area contributed by atoms with Gasteiger partial charge in [-0.15, -0.1) is 0 Å². The number of halogens is 1. The Balaban J connectivity index is 2.97. The van der Waals surface area contributed by atoms with Gasteiger partial charge in [-0.05, 0) is 19.1 Å². The molecular formula is C13H12BrNO3. The molecule has 1 aromatic heterocycles. The van der Waals surface area contributed by atoms with Gasteiger partial charge in [0.2, 0.25) is 0 Å². The second-order valence-corrected chi connectivity index (χ2v) is 4.41. The van der Waals surface area contributed by atoms with Crippen molar-refractivity contribution in [3.63, 3.8) is 0 Å². The molecule has 0 spiro atoms. The first kappa shape index (κ1) is 12.8. The van der Waals surface area contributed by atoms with Crippen LogP contribution in [0, 0.1) is 0 Å². The number of rotatable bonds is 3. The smallest absolute Gasteiger partial charge is 0.265 e. The van der Waals surface area contributed by atoms with Gasteiger partial charge >= 0.3 is 0 Å². The lowest BCUT2D eigenvalue weighted by atomic mass is 10.1. The molecule has 18 heavy (non-hydrogen) atoms. The van der Waals surface area contributed by atoms with E-state index in [0.29, 0.717) is 17.4 Å². The Morgan fingerprint density at radius 3 is 2.67 bits per heavy atom. The molecule has 4 nitrogen and oxygen atoms in total. The molecular weight excluding hydrogens is 298 g/mol. The van der Waals surface area contributed by atoms with Crippen molar-refractivity contribution in [3.8, 4) is 5.75 Å². The predicted molar refractivity (Wildman–Crippen MR) is 73.7 cm³/mol. The maximum atomic E-state index is 12.2. The van der Waals surface area contributed by atoms with E-state index >= 15 is 0 Å². The van der Waals surface area contributed by atoms with Gasteiger partial charge in [0, 0.05) is 11.9 Å². The molecule has 5 heteroatoms. The molecule has 0 saturated heterocycles. The highest BCUT2D eigenvalue weighted by Gasteiger charge is 2.20. The third-order valence-corrected chi connectivity index (χ3v) is 3.37. The number of ketones is 1. The minimum absolute atomic E-state index is 0.0118. The molecule has 0 bridgehead atoms. The van der Waals surface area contributed by atoms with Crippen LogP contribution in [0.25, 0.3) is 10.9 Å². The highest BCUT2D eigenvalue weighted by atomic mass is 79.9. The second kappa shape index (κ2) is 4.94. The maximum Gasteiger partial charge on any atom is 0.265 e. The van der Waals surface area contributed by atoms with E-state index in [1.54, 1.807) is 24.3 Å². The molecule has 94 valence electrons. The van der Waals surface area contributed by atoms with Gasteiger partial charge in [0.1, 0.15) is 11.3 Å². The third-order valence-electron chi connectivity index (χ3n) is 2.86. The summed E-state index contributed by atoms with van der Waals surface area (Å²) in [6.07, 6.45) is 0. The maximum absolute atomic E-state index is 12.2. The monoisotopic (exact) mass is 309 g/mol. The third kappa shape index (κ3) is 1.84. The van der Waals surface area contributed by atoms with Crippen molar-refractivity contribution in [2.45, 2.75) is 13.5 Å². The molecule has 2 rings (SSSR count). The van der Waals surface area contributed by atoms with E-state index in [1.807, 2.05) is 6.92 Å². The highest BCUT2D eigenvalue weighted by Crippen LogP contribution is 2.26. The largest absolute Gasteiger partial charge is 0.506 e. The number of nitrogens with zero attached hydrogens (tertiary/aromatic N) is 1. The molecule has 0 aliphatic carbocycles. The molecule has 0 unspecified atom stereocenters. The average molecular weight is 310 g/mol. The summed E-state index contributed by atoms with van der Waals surface area (Å²) >= 11 is 3.02. The van der Waals surface area contributed by atoms with E-state index in [0.717, 1.165) is 0 Å². The minimum Gasteiger partial charge on any atom is -0.506 e. The van der Waals surface area contributed by atoms with E-state index in [9.17, 15) is 14.7 Å².